The van der Waals surface area contributed by atoms with Crippen LogP contribution >= 0.6 is 11.8 Å². The predicted molar refractivity (Wildman–Crippen MR) is 114 cm³/mol. The van der Waals surface area contributed by atoms with E-state index in [1.54, 1.807) is 12.0 Å². The van der Waals surface area contributed by atoms with E-state index in [-0.39, 0.29) is 17.3 Å². The van der Waals surface area contributed by atoms with Crippen LogP contribution in [0.15, 0.2) is 53.4 Å². The van der Waals surface area contributed by atoms with Crippen molar-refractivity contribution in [2.75, 3.05) is 26.1 Å². The zero-order chi connectivity index (χ0) is 21.1. The highest BCUT2D eigenvalue weighted by Crippen LogP contribution is 2.47. The molecule has 0 saturated carbocycles. The van der Waals surface area contributed by atoms with E-state index in [4.69, 9.17) is 9.47 Å². The van der Waals surface area contributed by atoms with Crippen LogP contribution in [-0.2, 0) is 14.3 Å². The molecule has 1 aliphatic heterocycles. The fraction of sp³-hybridized carbons (Fsp3) is 0.364. The molecule has 2 aromatic rings. The summed E-state index contributed by atoms with van der Waals surface area (Å²) >= 11 is 1.53. The van der Waals surface area contributed by atoms with E-state index in [9.17, 15) is 9.59 Å². The summed E-state index contributed by atoms with van der Waals surface area (Å²) < 4.78 is 10.8. The van der Waals surface area contributed by atoms with Crippen molar-refractivity contribution in [1.82, 2.24) is 4.90 Å². The molecule has 29 heavy (non-hydrogen) atoms. The number of methoxy groups -OCH3 is 1. The molecule has 0 bridgehead atoms. The van der Waals surface area contributed by atoms with Crippen molar-refractivity contribution in [2.45, 2.75) is 36.3 Å². The van der Waals surface area contributed by atoms with Gasteiger partial charge in [0.1, 0.15) is 5.75 Å². The highest BCUT2D eigenvalue weighted by molar-refractivity contribution is 7.99. The quantitative estimate of drug-likeness (QED) is 0.695. The molecule has 0 spiro atoms. The van der Waals surface area contributed by atoms with Gasteiger partial charge < -0.3 is 9.47 Å². The van der Waals surface area contributed by atoms with E-state index in [1.807, 2.05) is 74.4 Å². The first kappa shape index (κ1) is 21.2. The lowest BCUT2D eigenvalue weighted by molar-refractivity contribution is -0.153. The Morgan fingerprint density at radius 1 is 1.14 bits per heavy atom. The molecule has 3 rings (SSSR count). The summed E-state index contributed by atoms with van der Waals surface area (Å²) in [5, 5.41) is -0.377. The Kier molecular flexibility index (Phi) is 6.49. The van der Waals surface area contributed by atoms with E-state index in [2.05, 4.69) is 0 Å². The van der Waals surface area contributed by atoms with Crippen LogP contribution in [0.5, 0.6) is 5.75 Å². The Morgan fingerprint density at radius 3 is 2.38 bits per heavy atom. The molecule has 1 heterocycles. The smallest absolute Gasteiger partial charge is 0.303 e. The third-order valence-corrected chi connectivity index (χ3v) is 6.37. The maximum absolute atomic E-state index is 13.7. The van der Waals surface area contributed by atoms with Gasteiger partial charge in [-0.15, -0.1) is 11.8 Å². The summed E-state index contributed by atoms with van der Waals surface area (Å²) in [6, 6.07) is 15.3. The number of anilines is 1. The molecule has 7 heteroatoms. The van der Waals surface area contributed by atoms with Gasteiger partial charge in [-0.3, -0.25) is 19.4 Å². The molecule has 1 amide bonds. The van der Waals surface area contributed by atoms with E-state index >= 15 is 0 Å². The van der Waals surface area contributed by atoms with Crippen LogP contribution in [0, 0.1) is 0 Å². The minimum atomic E-state index is -0.944. The van der Waals surface area contributed by atoms with Crippen molar-refractivity contribution < 1.29 is 19.1 Å². The Hall–Kier alpha value is -2.51. The molecule has 1 unspecified atom stereocenters. The van der Waals surface area contributed by atoms with Crippen molar-refractivity contribution >= 4 is 29.3 Å². The topological polar surface area (TPSA) is 59.1 Å². The molecule has 0 radical (unpaired) electrons. The molecular formula is C22H26N2O4S. The van der Waals surface area contributed by atoms with E-state index in [0.717, 1.165) is 21.9 Å². The summed E-state index contributed by atoms with van der Waals surface area (Å²) in [5.41, 5.74) is 1.71. The minimum absolute atomic E-state index is 0.211. The van der Waals surface area contributed by atoms with E-state index in [1.165, 1.54) is 18.7 Å². The molecule has 0 aromatic heterocycles. The van der Waals surface area contributed by atoms with Gasteiger partial charge in [-0.05, 0) is 50.8 Å². The van der Waals surface area contributed by atoms with Gasteiger partial charge in [-0.25, -0.2) is 0 Å². The van der Waals surface area contributed by atoms with Crippen molar-refractivity contribution in [3.63, 3.8) is 0 Å². The molecule has 0 N–H and O–H groups in total. The first-order valence-electron chi connectivity index (χ1n) is 9.40. The van der Waals surface area contributed by atoms with E-state index < -0.39 is 12.1 Å². The van der Waals surface area contributed by atoms with Gasteiger partial charge in [0.25, 0.3) is 5.91 Å². The van der Waals surface area contributed by atoms with Crippen LogP contribution in [0.2, 0.25) is 0 Å². The van der Waals surface area contributed by atoms with E-state index in [0.29, 0.717) is 0 Å². The molecule has 154 valence electrons. The number of benzene rings is 2. The second kappa shape index (κ2) is 8.88. The number of carbonyl (C=O) groups is 2. The summed E-state index contributed by atoms with van der Waals surface area (Å²) in [6.07, 6.45) is -1.15. The Balaban J connectivity index is 2.13. The number of fused-ring (bicyclic) bond motifs is 1. The summed E-state index contributed by atoms with van der Waals surface area (Å²) in [4.78, 5) is 30.2. The number of esters is 1. The van der Waals surface area contributed by atoms with Crippen molar-refractivity contribution in [3.8, 4) is 5.75 Å². The zero-order valence-electron chi connectivity index (χ0n) is 17.3. The number of hydrogen-bond donors (Lipinski definition) is 0. The van der Waals surface area contributed by atoms with Crippen LogP contribution in [-0.4, -0.2) is 50.3 Å². The second-order valence-electron chi connectivity index (χ2n) is 7.11. The van der Waals surface area contributed by atoms with Gasteiger partial charge in [0.15, 0.2) is 6.10 Å². The lowest BCUT2D eigenvalue weighted by Crippen LogP contribution is -2.51. The Bertz CT molecular complexity index is 885. The molecule has 0 aliphatic carbocycles. The minimum Gasteiger partial charge on any atom is -0.497 e. The Labute approximate surface area is 175 Å². The number of amides is 1. The molecule has 0 fully saturated rings. The molecule has 1 aliphatic rings. The normalized spacial score (nSPS) is 20.1. The van der Waals surface area contributed by atoms with Gasteiger partial charge in [-0.1, -0.05) is 24.3 Å². The maximum Gasteiger partial charge on any atom is 0.303 e. The summed E-state index contributed by atoms with van der Waals surface area (Å²) in [5.74, 6) is 0.0107. The summed E-state index contributed by atoms with van der Waals surface area (Å²) in [7, 11) is 5.44. The fourth-order valence-electron chi connectivity index (χ4n) is 3.28. The average molecular weight is 415 g/mol. The van der Waals surface area contributed by atoms with Crippen LogP contribution in [0.4, 0.5) is 5.69 Å². The first-order valence-corrected chi connectivity index (χ1v) is 10.3. The molecular weight excluding hydrogens is 388 g/mol. The lowest BCUT2D eigenvalue weighted by Gasteiger charge is -2.35. The highest BCUT2D eigenvalue weighted by atomic mass is 32.2. The monoisotopic (exact) mass is 414 g/mol. The standard InChI is InChI=1S/C22H26N2O4S/c1-14(23(3)4)24-18-8-6-7-9-19(18)29-21(20(22(24)26)28-15(2)25)16-10-12-17(27-5)13-11-16/h6-14,20-21H,1-5H3/t14?,20-,21+/m1/s1. The van der Waals surface area contributed by atoms with Gasteiger partial charge in [0.2, 0.25) is 0 Å². The van der Waals surface area contributed by atoms with Crippen LogP contribution in [0.25, 0.3) is 0 Å². The third-order valence-electron chi connectivity index (χ3n) is 4.99. The average Bonchev–Trinajstić information content (AvgIpc) is 2.82. The zero-order valence-corrected chi connectivity index (χ0v) is 18.1. The number of nitrogens with zero attached hydrogens (tertiary/aromatic N) is 2. The molecule has 3 atom stereocenters. The Morgan fingerprint density at radius 2 is 1.79 bits per heavy atom. The van der Waals surface area contributed by atoms with Crippen LogP contribution < -0.4 is 9.64 Å². The number of para-hydroxylation sites is 1. The third kappa shape index (κ3) is 4.41. The van der Waals surface area contributed by atoms with Gasteiger partial charge >= 0.3 is 5.97 Å². The second-order valence-corrected chi connectivity index (χ2v) is 8.30. The number of carbonyl (C=O) groups excluding carboxylic acids is 2. The number of thioether (sulfide) groups is 1. The molecule has 6 nitrogen and oxygen atoms in total. The van der Waals surface area contributed by atoms with Crippen molar-refractivity contribution in [3.05, 3.63) is 54.1 Å². The molecule has 0 saturated heterocycles. The van der Waals surface area contributed by atoms with Gasteiger partial charge in [0, 0.05) is 11.8 Å². The number of rotatable bonds is 5. The number of hydrogen-bond acceptors (Lipinski definition) is 6. The fourth-order valence-corrected chi connectivity index (χ4v) is 4.59. The maximum atomic E-state index is 13.7. The SMILES string of the molecule is COc1ccc([C@@H]2Sc3ccccc3N(C(C)N(C)C)C(=O)[C@@H]2OC(C)=O)cc1. The van der Waals surface area contributed by atoms with Crippen molar-refractivity contribution in [1.29, 1.82) is 0 Å². The van der Waals surface area contributed by atoms with Gasteiger partial charge in [0.05, 0.1) is 24.2 Å². The molecule has 2 aromatic carbocycles. The highest BCUT2D eigenvalue weighted by Gasteiger charge is 2.42. The van der Waals surface area contributed by atoms with Crippen LogP contribution in [0.3, 0.4) is 0 Å². The first-order chi connectivity index (χ1) is 13.8. The van der Waals surface area contributed by atoms with Crippen molar-refractivity contribution in [2.24, 2.45) is 0 Å². The number of ether oxygens (including phenoxy) is 2. The summed E-state index contributed by atoms with van der Waals surface area (Å²) in [6.45, 7) is 3.29. The van der Waals surface area contributed by atoms with Gasteiger partial charge in [-0.2, -0.15) is 0 Å². The predicted octanol–water partition coefficient (Wildman–Crippen LogP) is 3.71. The van der Waals surface area contributed by atoms with Crippen LogP contribution in [0.1, 0.15) is 24.7 Å². The lowest BCUT2D eigenvalue weighted by atomic mass is 10.1. The largest absolute Gasteiger partial charge is 0.497 e.